The largest absolute Gasteiger partial charge is 0.481 e. The fourth-order valence-electron chi connectivity index (χ4n) is 4.27. The maximum atomic E-state index is 11.8. The Morgan fingerprint density at radius 3 is 2.52 bits per heavy atom. The number of benzene rings is 1. The van der Waals surface area contributed by atoms with Gasteiger partial charge in [-0.15, -0.1) is 0 Å². The summed E-state index contributed by atoms with van der Waals surface area (Å²) in [5, 5.41) is 20.3. The van der Waals surface area contributed by atoms with Crippen molar-refractivity contribution in [1.29, 1.82) is 0 Å². The molecule has 5 nitrogen and oxygen atoms in total. The number of hydrogen-bond donors (Lipinski definition) is 1. The van der Waals surface area contributed by atoms with Crippen molar-refractivity contribution in [3.05, 3.63) is 39.9 Å². The topological polar surface area (TPSA) is 80.4 Å². The zero-order valence-electron chi connectivity index (χ0n) is 11.8. The number of carboxylic acids is 1. The smallest absolute Gasteiger partial charge is 0.309 e. The molecule has 3 unspecified atom stereocenters. The lowest BCUT2D eigenvalue weighted by molar-refractivity contribution is -0.384. The van der Waals surface area contributed by atoms with Crippen LogP contribution in [0.1, 0.15) is 37.7 Å². The highest BCUT2D eigenvalue weighted by Gasteiger charge is 2.55. The van der Waals surface area contributed by atoms with Gasteiger partial charge in [0.25, 0.3) is 5.69 Å². The SMILES string of the molecule is O=C(O)C1(CCc2ccc([N+](=O)[O-])cc2)CC2CCC1C2. The lowest BCUT2D eigenvalue weighted by Gasteiger charge is -2.33. The van der Waals surface area contributed by atoms with Gasteiger partial charge in [-0.05, 0) is 49.5 Å². The lowest BCUT2D eigenvalue weighted by atomic mass is 9.70. The minimum Gasteiger partial charge on any atom is -0.481 e. The molecule has 1 aromatic rings. The molecule has 112 valence electrons. The van der Waals surface area contributed by atoms with Crippen LogP contribution in [-0.2, 0) is 11.2 Å². The predicted molar refractivity (Wildman–Crippen MR) is 76.9 cm³/mol. The first kappa shape index (κ1) is 14.0. The molecule has 0 saturated heterocycles. The van der Waals surface area contributed by atoms with Crippen LogP contribution in [0.5, 0.6) is 0 Å². The lowest BCUT2D eigenvalue weighted by Crippen LogP contribution is -2.37. The number of nitro benzene ring substituents is 1. The van der Waals surface area contributed by atoms with Gasteiger partial charge >= 0.3 is 5.97 Å². The van der Waals surface area contributed by atoms with E-state index in [2.05, 4.69) is 0 Å². The van der Waals surface area contributed by atoms with Crippen LogP contribution >= 0.6 is 0 Å². The molecule has 2 aliphatic carbocycles. The molecule has 2 bridgehead atoms. The number of carboxylic acid groups (broad SMARTS) is 1. The minimum atomic E-state index is -0.656. The molecule has 0 amide bonds. The van der Waals surface area contributed by atoms with E-state index >= 15 is 0 Å². The van der Waals surface area contributed by atoms with Gasteiger partial charge in [-0.25, -0.2) is 0 Å². The highest BCUT2D eigenvalue weighted by molar-refractivity contribution is 5.76. The molecular formula is C16H19NO4. The molecule has 2 fully saturated rings. The number of fused-ring (bicyclic) bond motifs is 2. The van der Waals surface area contributed by atoms with Crippen LogP contribution in [0.4, 0.5) is 5.69 Å². The molecule has 1 N–H and O–H groups in total. The summed E-state index contributed by atoms with van der Waals surface area (Å²) in [6.07, 6.45) is 5.40. The maximum absolute atomic E-state index is 11.8. The predicted octanol–water partition coefficient (Wildman–Crippen LogP) is 3.42. The molecule has 2 aliphatic rings. The number of hydrogen-bond acceptors (Lipinski definition) is 3. The van der Waals surface area contributed by atoms with Gasteiger partial charge in [0, 0.05) is 12.1 Å². The summed E-state index contributed by atoms with van der Waals surface area (Å²) in [4.78, 5) is 22.0. The Kier molecular flexibility index (Phi) is 3.43. The van der Waals surface area contributed by atoms with Gasteiger partial charge in [0.1, 0.15) is 0 Å². The summed E-state index contributed by atoms with van der Waals surface area (Å²) < 4.78 is 0. The number of nitro groups is 1. The summed E-state index contributed by atoms with van der Waals surface area (Å²) in [7, 11) is 0. The zero-order chi connectivity index (χ0) is 15.0. The molecule has 3 atom stereocenters. The molecule has 0 aromatic heterocycles. The van der Waals surface area contributed by atoms with E-state index in [4.69, 9.17) is 0 Å². The number of aliphatic carboxylic acids is 1. The first-order valence-corrected chi connectivity index (χ1v) is 7.48. The number of carbonyl (C=O) groups is 1. The Bertz CT molecular complexity index is 568. The molecule has 1 aromatic carbocycles. The molecule has 3 rings (SSSR count). The van der Waals surface area contributed by atoms with Crippen molar-refractivity contribution in [3.8, 4) is 0 Å². The third-order valence-corrected chi connectivity index (χ3v) is 5.41. The number of rotatable bonds is 5. The second-order valence-corrected chi connectivity index (χ2v) is 6.46. The highest BCUT2D eigenvalue weighted by atomic mass is 16.6. The van der Waals surface area contributed by atoms with E-state index in [9.17, 15) is 20.0 Å². The Morgan fingerprint density at radius 2 is 2.05 bits per heavy atom. The van der Waals surface area contributed by atoms with Crippen LogP contribution in [0, 0.1) is 27.4 Å². The van der Waals surface area contributed by atoms with Gasteiger partial charge < -0.3 is 5.11 Å². The summed E-state index contributed by atoms with van der Waals surface area (Å²) >= 11 is 0. The van der Waals surface area contributed by atoms with E-state index in [1.54, 1.807) is 12.1 Å². The van der Waals surface area contributed by atoms with Crippen molar-refractivity contribution in [2.24, 2.45) is 17.3 Å². The first-order chi connectivity index (χ1) is 10.0. The highest BCUT2D eigenvalue weighted by Crippen LogP contribution is 2.58. The van der Waals surface area contributed by atoms with E-state index < -0.39 is 16.3 Å². The maximum Gasteiger partial charge on any atom is 0.309 e. The Hall–Kier alpha value is -1.91. The van der Waals surface area contributed by atoms with Gasteiger partial charge in [0.2, 0.25) is 0 Å². The number of nitrogens with zero attached hydrogens (tertiary/aromatic N) is 1. The van der Waals surface area contributed by atoms with E-state index in [0.717, 1.165) is 24.8 Å². The normalized spacial score (nSPS) is 30.5. The van der Waals surface area contributed by atoms with E-state index in [1.807, 2.05) is 0 Å². The standard InChI is InChI=1S/C16H19NO4/c18-15(19)16(10-12-1-4-13(16)9-12)8-7-11-2-5-14(6-3-11)17(20)21/h2-3,5-6,12-13H,1,4,7-10H2,(H,18,19). The quantitative estimate of drug-likeness (QED) is 0.665. The third-order valence-electron chi connectivity index (χ3n) is 5.41. The van der Waals surface area contributed by atoms with Crippen LogP contribution in [0.25, 0.3) is 0 Å². The van der Waals surface area contributed by atoms with Crippen molar-refractivity contribution in [3.63, 3.8) is 0 Å². The second kappa shape index (κ2) is 5.13. The fraction of sp³-hybridized carbons (Fsp3) is 0.562. The van der Waals surface area contributed by atoms with Crippen LogP contribution in [0.15, 0.2) is 24.3 Å². The van der Waals surface area contributed by atoms with Gasteiger partial charge in [0.15, 0.2) is 0 Å². The third kappa shape index (κ3) is 2.41. The van der Waals surface area contributed by atoms with Crippen LogP contribution in [0.2, 0.25) is 0 Å². The minimum absolute atomic E-state index is 0.0756. The molecule has 0 radical (unpaired) electrons. The summed E-state index contributed by atoms with van der Waals surface area (Å²) in [5.74, 6) is 0.248. The van der Waals surface area contributed by atoms with Crippen molar-refractivity contribution >= 4 is 11.7 Å². The number of non-ortho nitro benzene ring substituents is 1. The molecule has 5 heteroatoms. The Morgan fingerprint density at radius 1 is 1.33 bits per heavy atom. The van der Waals surface area contributed by atoms with Crippen molar-refractivity contribution in [2.75, 3.05) is 0 Å². The summed E-state index contributed by atoms with van der Waals surface area (Å²) in [6.45, 7) is 0. The van der Waals surface area contributed by atoms with Crippen LogP contribution < -0.4 is 0 Å². The summed E-state index contributed by atoms with van der Waals surface area (Å²) in [6, 6.07) is 6.45. The molecule has 2 saturated carbocycles. The molecular weight excluding hydrogens is 270 g/mol. The monoisotopic (exact) mass is 289 g/mol. The summed E-state index contributed by atoms with van der Waals surface area (Å²) in [5.41, 5.74) is 0.487. The fourth-order valence-corrected chi connectivity index (χ4v) is 4.27. The molecule has 0 spiro atoms. The Labute approximate surface area is 123 Å². The molecule has 0 aliphatic heterocycles. The van der Waals surface area contributed by atoms with E-state index in [0.29, 0.717) is 24.7 Å². The molecule has 0 heterocycles. The van der Waals surface area contributed by atoms with Crippen molar-refractivity contribution in [2.45, 2.75) is 38.5 Å². The van der Waals surface area contributed by atoms with Crippen LogP contribution in [-0.4, -0.2) is 16.0 Å². The van der Waals surface area contributed by atoms with Crippen LogP contribution in [0.3, 0.4) is 0 Å². The second-order valence-electron chi connectivity index (χ2n) is 6.46. The average Bonchev–Trinajstić information content (AvgIpc) is 3.06. The molecule has 21 heavy (non-hydrogen) atoms. The first-order valence-electron chi connectivity index (χ1n) is 7.48. The van der Waals surface area contributed by atoms with Gasteiger partial charge in [-0.2, -0.15) is 0 Å². The van der Waals surface area contributed by atoms with Crippen molar-refractivity contribution in [1.82, 2.24) is 0 Å². The van der Waals surface area contributed by atoms with Gasteiger partial charge in [-0.1, -0.05) is 18.6 Å². The van der Waals surface area contributed by atoms with E-state index in [-0.39, 0.29) is 5.69 Å². The Balaban J connectivity index is 1.71. The van der Waals surface area contributed by atoms with Gasteiger partial charge in [-0.3, -0.25) is 14.9 Å². The zero-order valence-corrected chi connectivity index (χ0v) is 11.8. The van der Waals surface area contributed by atoms with Crippen molar-refractivity contribution < 1.29 is 14.8 Å². The van der Waals surface area contributed by atoms with Gasteiger partial charge in [0.05, 0.1) is 10.3 Å². The van der Waals surface area contributed by atoms with E-state index in [1.165, 1.54) is 18.6 Å². The number of aryl methyl sites for hydroxylation is 1. The average molecular weight is 289 g/mol.